The van der Waals surface area contributed by atoms with Crippen molar-refractivity contribution in [2.45, 2.75) is 38.8 Å². The van der Waals surface area contributed by atoms with Gasteiger partial charge in [0.05, 0.1) is 24.3 Å². The maximum Gasteiger partial charge on any atom is 0.191 e. The first-order valence-corrected chi connectivity index (χ1v) is 8.97. The summed E-state index contributed by atoms with van der Waals surface area (Å²) < 4.78 is 16.7. The van der Waals surface area contributed by atoms with Crippen molar-refractivity contribution in [1.82, 2.24) is 10.6 Å². The molecule has 0 amide bonds. The lowest BCUT2D eigenvalue weighted by atomic mass is 10.0. The molecule has 26 heavy (non-hydrogen) atoms. The summed E-state index contributed by atoms with van der Waals surface area (Å²) >= 11 is 6.31. The second-order valence-corrected chi connectivity index (χ2v) is 6.63. The van der Waals surface area contributed by atoms with Crippen molar-refractivity contribution < 1.29 is 14.2 Å². The number of benzene rings is 1. The predicted molar refractivity (Wildman–Crippen MR) is 116 cm³/mol. The minimum Gasteiger partial charge on any atom is -0.493 e. The number of halogens is 2. The fourth-order valence-corrected chi connectivity index (χ4v) is 3.10. The molecule has 2 N–H and O–H groups in total. The van der Waals surface area contributed by atoms with E-state index in [-0.39, 0.29) is 29.6 Å². The van der Waals surface area contributed by atoms with E-state index in [0.717, 1.165) is 37.5 Å². The van der Waals surface area contributed by atoms with Gasteiger partial charge < -0.3 is 24.8 Å². The van der Waals surface area contributed by atoms with Crippen LogP contribution < -0.4 is 20.1 Å². The first-order valence-electron chi connectivity index (χ1n) is 8.59. The molecule has 0 aromatic heterocycles. The largest absolute Gasteiger partial charge is 0.493 e. The summed E-state index contributed by atoms with van der Waals surface area (Å²) in [6.45, 7) is 6.69. The van der Waals surface area contributed by atoms with E-state index in [1.807, 2.05) is 19.1 Å². The maximum absolute atomic E-state index is 6.31. The van der Waals surface area contributed by atoms with Gasteiger partial charge in [-0.25, -0.2) is 0 Å². The van der Waals surface area contributed by atoms with E-state index in [9.17, 15) is 0 Å². The highest BCUT2D eigenvalue weighted by Gasteiger charge is 2.29. The molecule has 0 saturated carbocycles. The number of methoxy groups -OCH3 is 1. The summed E-state index contributed by atoms with van der Waals surface area (Å²) in [7, 11) is 3.35. The number of aliphatic imine (C=N–C) groups is 1. The predicted octanol–water partition coefficient (Wildman–Crippen LogP) is 3.60. The third-order valence-corrected chi connectivity index (χ3v) is 4.47. The summed E-state index contributed by atoms with van der Waals surface area (Å²) in [5.41, 5.74) is 0.861. The molecule has 8 heteroatoms. The van der Waals surface area contributed by atoms with Crippen LogP contribution in [-0.2, 0) is 11.3 Å². The van der Waals surface area contributed by atoms with E-state index in [4.69, 9.17) is 25.8 Å². The van der Waals surface area contributed by atoms with Crippen molar-refractivity contribution in [3.63, 3.8) is 0 Å². The van der Waals surface area contributed by atoms with Crippen LogP contribution in [0.3, 0.4) is 0 Å². The molecule has 2 rings (SSSR count). The zero-order chi connectivity index (χ0) is 18.3. The first kappa shape index (κ1) is 23.1. The Hall–Kier alpha value is -0.930. The van der Waals surface area contributed by atoms with Gasteiger partial charge in [0.2, 0.25) is 0 Å². The number of hydrogen-bond acceptors (Lipinski definition) is 4. The molecule has 0 spiro atoms. The van der Waals surface area contributed by atoms with Gasteiger partial charge in [-0.05, 0) is 44.4 Å². The Morgan fingerprint density at radius 1 is 1.38 bits per heavy atom. The minimum absolute atomic E-state index is 0. The second kappa shape index (κ2) is 11.0. The Kier molecular flexibility index (Phi) is 9.81. The van der Waals surface area contributed by atoms with Gasteiger partial charge in [0, 0.05) is 26.7 Å². The first-order chi connectivity index (χ1) is 12.0. The van der Waals surface area contributed by atoms with Crippen molar-refractivity contribution in [1.29, 1.82) is 0 Å². The molecule has 0 bridgehead atoms. The van der Waals surface area contributed by atoms with Gasteiger partial charge in [-0.15, -0.1) is 24.0 Å². The lowest BCUT2D eigenvalue weighted by Gasteiger charge is -2.24. The second-order valence-electron chi connectivity index (χ2n) is 6.22. The van der Waals surface area contributed by atoms with Crippen LogP contribution in [0.25, 0.3) is 0 Å². The third kappa shape index (κ3) is 6.35. The SMILES string of the molecule is CCOc1c(Cl)cc(CNC(=NC)NCC2(C)CCCO2)cc1OC.I. The summed E-state index contributed by atoms with van der Waals surface area (Å²) in [5.74, 6) is 1.92. The number of hydrogen-bond donors (Lipinski definition) is 2. The molecule has 1 saturated heterocycles. The van der Waals surface area contributed by atoms with Crippen LogP contribution in [-0.4, -0.2) is 45.5 Å². The summed E-state index contributed by atoms with van der Waals surface area (Å²) in [5, 5.41) is 7.14. The molecule has 1 atom stereocenters. The molecule has 1 aromatic carbocycles. The number of nitrogens with one attached hydrogen (secondary N) is 2. The van der Waals surface area contributed by atoms with Gasteiger partial charge in [-0.1, -0.05) is 11.6 Å². The van der Waals surface area contributed by atoms with Gasteiger partial charge in [0.25, 0.3) is 0 Å². The van der Waals surface area contributed by atoms with Gasteiger partial charge in [0.15, 0.2) is 17.5 Å². The molecule has 1 aliphatic rings. The van der Waals surface area contributed by atoms with E-state index in [1.54, 1.807) is 14.2 Å². The van der Waals surface area contributed by atoms with Crippen LogP contribution in [0.15, 0.2) is 17.1 Å². The Labute approximate surface area is 178 Å². The molecule has 1 unspecified atom stereocenters. The quantitative estimate of drug-likeness (QED) is 0.342. The highest BCUT2D eigenvalue weighted by atomic mass is 127. The van der Waals surface area contributed by atoms with E-state index < -0.39 is 0 Å². The molecule has 148 valence electrons. The van der Waals surface area contributed by atoms with Gasteiger partial charge >= 0.3 is 0 Å². The Morgan fingerprint density at radius 2 is 2.15 bits per heavy atom. The maximum atomic E-state index is 6.31. The van der Waals surface area contributed by atoms with Crippen LogP contribution >= 0.6 is 35.6 Å². The normalized spacial score (nSPS) is 19.7. The Bertz CT molecular complexity index is 608. The summed E-state index contributed by atoms with van der Waals surface area (Å²) in [4.78, 5) is 4.26. The highest BCUT2D eigenvalue weighted by molar-refractivity contribution is 14.0. The topological polar surface area (TPSA) is 64.1 Å². The monoisotopic (exact) mass is 497 g/mol. The molecule has 0 radical (unpaired) electrons. The molecule has 1 heterocycles. The molecule has 0 aliphatic carbocycles. The van der Waals surface area contributed by atoms with E-state index >= 15 is 0 Å². The molecule has 1 fully saturated rings. The molecule has 1 aliphatic heterocycles. The number of guanidine groups is 1. The lowest BCUT2D eigenvalue weighted by molar-refractivity contribution is 0.0243. The van der Waals surface area contributed by atoms with Crippen molar-refractivity contribution in [2.75, 3.05) is 33.9 Å². The molecule has 1 aromatic rings. The summed E-state index contributed by atoms with van der Waals surface area (Å²) in [6.07, 6.45) is 2.16. The van der Waals surface area contributed by atoms with Crippen LogP contribution in [0.5, 0.6) is 11.5 Å². The molecule has 6 nitrogen and oxygen atoms in total. The van der Waals surface area contributed by atoms with E-state index in [0.29, 0.717) is 29.7 Å². The van der Waals surface area contributed by atoms with Crippen LogP contribution in [0.4, 0.5) is 0 Å². The lowest BCUT2D eigenvalue weighted by Crippen LogP contribution is -2.45. The fourth-order valence-electron chi connectivity index (χ4n) is 2.81. The number of nitrogens with zero attached hydrogens (tertiary/aromatic N) is 1. The van der Waals surface area contributed by atoms with Gasteiger partial charge in [0.1, 0.15) is 0 Å². The standard InChI is InChI=1S/C18H28ClN3O3.HI/c1-5-24-16-14(19)9-13(10-15(16)23-4)11-21-17(20-3)22-12-18(2)7-6-8-25-18;/h9-10H,5-8,11-12H2,1-4H3,(H2,20,21,22);1H. The van der Waals surface area contributed by atoms with Crippen LogP contribution in [0, 0.1) is 0 Å². The van der Waals surface area contributed by atoms with Crippen molar-refractivity contribution in [2.24, 2.45) is 4.99 Å². The third-order valence-electron chi connectivity index (χ3n) is 4.19. The van der Waals surface area contributed by atoms with Crippen molar-refractivity contribution in [3.05, 3.63) is 22.7 Å². The highest BCUT2D eigenvalue weighted by Crippen LogP contribution is 2.36. The van der Waals surface area contributed by atoms with Crippen LogP contribution in [0.2, 0.25) is 5.02 Å². The zero-order valence-corrected chi connectivity index (χ0v) is 18.9. The Balaban J connectivity index is 0.00000338. The number of ether oxygens (including phenoxy) is 3. The zero-order valence-electron chi connectivity index (χ0n) is 15.9. The number of rotatable bonds is 7. The molecular weight excluding hydrogens is 469 g/mol. The van der Waals surface area contributed by atoms with E-state index in [2.05, 4.69) is 22.5 Å². The van der Waals surface area contributed by atoms with Crippen molar-refractivity contribution >= 4 is 41.5 Å². The van der Waals surface area contributed by atoms with Crippen LogP contribution in [0.1, 0.15) is 32.3 Å². The Morgan fingerprint density at radius 3 is 2.73 bits per heavy atom. The van der Waals surface area contributed by atoms with Crippen molar-refractivity contribution in [3.8, 4) is 11.5 Å². The van der Waals surface area contributed by atoms with E-state index in [1.165, 1.54) is 0 Å². The molecular formula is C18H29ClIN3O3. The minimum atomic E-state index is -0.122. The summed E-state index contributed by atoms with van der Waals surface area (Å²) in [6, 6.07) is 3.79. The average molecular weight is 498 g/mol. The van der Waals surface area contributed by atoms with Gasteiger partial charge in [-0.3, -0.25) is 4.99 Å². The van der Waals surface area contributed by atoms with Gasteiger partial charge in [-0.2, -0.15) is 0 Å². The smallest absolute Gasteiger partial charge is 0.191 e. The fraction of sp³-hybridized carbons (Fsp3) is 0.611. The average Bonchev–Trinajstić information content (AvgIpc) is 3.04.